The van der Waals surface area contributed by atoms with Gasteiger partial charge < -0.3 is 4.74 Å². The van der Waals surface area contributed by atoms with Crippen molar-refractivity contribution in [3.8, 4) is 6.07 Å². The maximum atomic E-state index is 13.0. The Hall–Kier alpha value is -1.44. The van der Waals surface area contributed by atoms with Gasteiger partial charge in [0.15, 0.2) is 5.41 Å². The number of unbranched alkanes of at least 4 members (excludes halogenated alkanes) is 1. The van der Waals surface area contributed by atoms with Gasteiger partial charge in [0.25, 0.3) is 0 Å². The summed E-state index contributed by atoms with van der Waals surface area (Å²) in [5.74, 6) is -0.597. The van der Waals surface area contributed by atoms with Crippen molar-refractivity contribution in [2.75, 3.05) is 6.61 Å². The molecule has 2 aromatic carbocycles. The summed E-state index contributed by atoms with van der Waals surface area (Å²) in [6.45, 7) is 2.24. The second-order valence-corrected chi connectivity index (χ2v) is 8.20. The van der Waals surface area contributed by atoms with Crippen LogP contribution in [0.25, 0.3) is 0 Å². The predicted octanol–water partition coefficient (Wildman–Crippen LogP) is 6.94. The number of esters is 1. The number of nitriles is 1. The fourth-order valence-corrected chi connectivity index (χ4v) is 3.71. The minimum absolute atomic E-state index is 0.0728. The standard InChI is InChI=1S/C21H19Cl4NO2/c1-2-3-8-28-20(27)21(13-26,11-14-4-6-16(22)9-18(14)24)12-15-5-7-17(23)10-19(15)25/h4-7,9-10H,2-3,8,11-12H2,1H3. The van der Waals surface area contributed by atoms with Crippen molar-refractivity contribution in [2.45, 2.75) is 32.6 Å². The molecule has 0 bridgehead atoms. The van der Waals surface area contributed by atoms with Crippen molar-refractivity contribution in [3.05, 3.63) is 67.6 Å². The monoisotopic (exact) mass is 457 g/mol. The zero-order valence-electron chi connectivity index (χ0n) is 15.3. The van der Waals surface area contributed by atoms with E-state index in [1.54, 1.807) is 36.4 Å². The first-order valence-corrected chi connectivity index (χ1v) is 10.3. The van der Waals surface area contributed by atoms with Crippen molar-refractivity contribution < 1.29 is 9.53 Å². The molecule has 0 amide bonds. The van der Waals surface area contributed by atoms with Crippen molar-refractivity contribution >= 4 is 52.4 Å². The smallest absolute Gasteiger partial charge is 0.327 e. The summed E-state index contributed by atoms with van der Waals surface area (Å²) >= 11 is 24.5. The van der Waals surface area contributed by atoms with Gasteiger partial charge in [-0.1, -0.05) is 71.9 Å². The molecule has 28 heavy (non-hydrogen) atoms. The van der Waals surface area contributed by atoms with Crippen LogP contribution in [0, 0.1) is 16.7 Å². The maximum Gasteiger partial charge on any atom is 0.327 e. The van der Waals surface area contributed by atoms with Crippen molar-refractivity contribution in [2.24, 2.45) is 5.41 Å². The summed E-state index contributed by atoms with van der Waals surface area (Å²) in [5, 5.41) is 11.7. The number of carbonyl (C=O) groups excluding carboxylic acids is 1. The van der Waals surface area contributed by atoms with E-state index >= 15 is 0 Å². The summed E-state index contributed by atoms with van der Waals surface area (Å²) in [6.07, 6.45) is 1.74. The molecular formula is C21H19Cl4NO2. The van der Waals surface area contributed by atoms with Crippen LogP contribution in [0.5, 0.6) is 0 Å². The van der Waals surface area contributed by atoms with E-state index in [2.05, 4.69) is 6.07 Å². The van der Waals surface area contributed by atoms with E-state index in [1.165, 1.54) is 0 Å². The van der Waals surface area contributed by atoms with Gasteiger partial charge in [0.1, 0.15) is 0 Å². The third-order valence-electron chi connectivity index (χ3n) is 4.35. The van der Waals surface area contributed by atoms with E-state index in [0.29, 0.717) is 31.2 Å². The quantitative estimate of drug-likeness (QED) is 0.318. The molecule has 0 saturated heterocycles. The Morgan fingerprint density at radius 2 is 1.50 bits per heavy atom. The molecule has 0 aliphatic heterocycles. The second-order valence-electron chi connectivity index (χ2n) is 6.51. The highest BCUT2D eigenvalue weighted by atomic mass is 35.5. The highest BCUT2D eigenvalue weighted by Gasteiger charge is 2.42. The first-order valence-electron chi connectivity index (χ1n) is 8.77. The fraction of sp³-hybridized carbons (Fsp3) is 0.333. The van der Waals surface area contributed by atoms with Crippen LogP contribution in [0.15, 0.2) is 36.4 Å². The number of rotatable bonds is 8. The van der Waals surface area contributed by atoms with E-state index in [4.69, 9.17) is 51.1 Å². The molecule has 0 aliphatic carbocycles. The van der Waals surface area contributed by atoms with E-state index in [9.17, 15) is 10.1 Å². The second kappa shape index (κ2) is 10.4. The number of carbonyl (C=O) groups is 1. The molecular weight excluding hydrogens is 440 g/mol. The maximum absolute atomic E-state index is 13.0. The minimum Gasteiger partial charge on any atom is -0.464 e. The lowest BCUT2D eigenvalue weighted by molar-refractivity contribution is -0.152. The summed E-state index contributed by atoms with van der Waals surface area (Å²) in [4.78, 5) is 13.0. The molecule has 0 atom stereocenters. The summed E-state index contributed by atoms with van der Waals surface area (Å²) in [7, 11) is 0. The molecule has 0 radical (unpaired) electrons. The molecule has 7 heteroatoms. The van der Waals surface area contributed by atoms with Gasteiger partial charge in [-0.15, -0.1) is 0 Å². The number of nitrogens with zero attached hydrogens (tertiary/aromatic N) is 1. The van der Waals surface area contributed by atoms with E-state index in [0.717, 1.165) is 12.8 Å². The predicted molar refractivity (Wildman–Crippen MR) is 114 cm³/mol. The lowest BCUT2D eigenvalue weighted by Crippen LogP contribution is -2.36. The van der Waals surface area contributed by atoms with Gasteiger partial charge in [0.2, 0.25) is 0 Å². The van der Waals surface area contributed by atoms with Crippen LogP contribution in [0.4, 0.5) is 0 Å². The van der Waals surface area contributed by atoms with Gasteiger partial charge in [0, 0.05) is 32.9 Å². The van der Waals surface area contributed by atoms with Crippen LogP contribution in [-0.4, -0.2) is 12.6 Å². The third kappa shape index (κ3) is 5.78. The molecule has 2 aromatic rings. The molecule has 2 rings (SSSR count). The molecule has 0 heterocycles. The Labute approximate surface area is 185 Å². The number of hydrogen-bond acceptors (Lipinski definition) is 3. The normalized spacial score (nSPS) is 11.1. The van der Waals surface area contributed by atoms with Crippen LogP contribution in [-0.2, 0) is 22.4 Å². The number of hydrogen-bond donors (Lipinski definition) is 0. The highest BCUT2D eigenvalue weighted by molar-refractivity contribution is 6.35. The fourth-order valence-electron chi connectivity index (χ4n) is 2.76. The van der Waals surface area contributed by atoms with E-state index < -0.39 is 11.4 Å². The Morgan fingerprint density at radius 1 is 1.00 bits per heavy atom. The van der Waals surface area contributed by atoms with Crippen LogP contribution in [0.3, 0.4) is 0 Å². The molecule has 0 aromatic heterocycles. The zero-order valence-corrected chi connectivity index (χ0v) is 18.3. The zero-order chi connectivity index (χ0) is 20.7. The van der Waals surface area contributed by atoms with Crippen molar-refractivity contribution in [1.82, 2.24) is 0 Å². The summed E-state index contributed by atoms with van der Waals surface area (Å²) < 4.78 is 5.41. The summed E-state index contributed by atoms with van der Waals surface area (Å²) in [5.41, 5.74) is -0.224. The topological polar surface area (TPSA) is 50.1 Å². The Bertz CT molecular complexity index is 839. The van der Waals surface area contributed by atoms with Gasteiger partial charge in [-0.3, -0.25) is 4.79 Å². The van der Waals surface area contributed by atoms with Gasteiger partial charge >= 0.3 is 5.97 Å². The number of benzene rings is 2. The largest absolute Gasteiger partial charge is 0.464 e. The third-order valence-corrected chi connectivity index (χ3v) is 5.52. The van der Waals surface area contributed by atoms with Crippen molar-refractivity contribution in [3.63, 3.8) is 0 Å². The van der Waals surface area contributed by atoms with Crippen LogP contribution >= 0.6 is 46.4 Å². The first kappa shape index (κ1) is 22.8. The first-order chi connectivity index (χ1) is 13.3. The molecule has 0 aliphatic rings. The Kier molecular flexibility index (Phi) is 8.46. The Balaban J connectivity index is 2.42. The van der Waals surface area contributed by atoms with Gasteiger partial charge in [-0.25, -0.2) is 0 Å². The minimum atomic E-state index is -1.48. The van der Waals surface area contributed by atoms with Crippen LogP contribution in [0.1, 0.15) is 30.9 Å². The van der Waals surface area contributed by atoms with Gasteiger partial charge in [0.05, 0.1) is 12.7 Å². The number of ether oxygens (including phenoxy) is 1. The van der Waals surface area contributed by atoms with Crippen LogP contribution < -0.4 is 0 Å². The molecule has 0 N–H and O–H groups in total. The molecule has 0 spiro atoms. The lowest BCUT2D eigenvalue weighted by atomic mass is 9.77. The number of halogens is 4. The van der Waals surface area contributed by atoms with Gasteiger partial charge in [-0.2, -0.15) is 5.26 Å². The van der Waals surface area contributed by atoms with E-state index in [-0.39, 0.29) is 19.4 Å². The van der Waals surface area contributed by atoms with Crippen LogP contribution in [0.2, 0.25) is 20.1 Å². The Morgan fingerprint density at radius 3 is 1.89 bits per heavy atom. The average Bonchev–Trinajstić information content (AvgIpc) is 2.65. The average molecular weight is 459 g/mol. The molecule has 0 saturated carbocycles. The highest BCUT2D eigenvalue weighted by Crippen LogP contribution is 2.35. The summed E-state index contributed by atoms with van der Waals surface area (Å²) in [6, 6.07) is 12.1. The molecule has 3 nitrogen and oxygen atoms in total. The SMILES string of the molecule is CCCCOC(=O)C(C#N)(Cc1ccc(Cl)cc1Cl)Cc1ccc(Cl)cc1Cl. The molecule has 0 unspecified atom stereocenters. The lowest BCUT2D eigenvalue weighted by Gasteiger charge is -2.26. The van der Waals surface area contributed by atoms with Gasteiger partial charge in [-0.05, 0) is 41.8 Å². The molecule has 0 fully saturated rings. The van der Waals surface area contributed by atoms with E-state index in [1.807, 2.05) is 6.92 Å². The molecule has 148 valence electrons. The van der Waals surface area contributed by atoms with Crippen molar-refractivity contribution in [1.29, 1.82) is 5.26 Å².